The molecule has 0 aliphatic rings. The molecule has 0 aliphatic heterocycles. The Morgan fingerprint density at radius 3 is 2.45 bits per heavy atom. The summed E-state index contributed by atoms with van der Waals surface area (Å²) in [4.78, 5) is 19.2. The quantitative estimate of drug-likeness (QED) is 0.322. The monoisotopic (exact) mass is 461 g/mol. The van der Waals surface area contributed by atoms with Crippen molar-refractivity contribution in [3.8, 4) is 5.75 Å². The van der Waals surface area contributed by atoms with Crippen molar-refractivity contribution in [2.24, 2.45) is 0 Å². The fraction of sp³-hybridized carbons (Fsp3) is 0.348. The van der Waals surface area contributed by atoms with Gasteiger partial charge in [0.1, 0.15) is 5.75 Å². The molecule has 0 bridgehead atoms. The number of aromatic nitrogens is 2. The molecule has 0 aliphatic carbocycles. The van der Waals surface area contributed by atoms with Crippen molar-refractivity contribution >= 4 is 22.8 Å². The molecule has 3 rings (SSSR count). The van der Waals surface area contributed by atoms with Gasteiger partial charge in [-0.15, -0.1) is 0 Å². The Labute approximate surface area is 189 Å². The van der Waals surface area contributed by atoms with Crippen molar-refractivity contribution in [3.63, 3.8) is 0 Å². The first-order valence-electron chi connectivity index (χ1n) is 10.5. The molecule has 0 saturated heterocycles. The molecule has 0 radical (unpaired) electrons. The summed E-state index contributed by atoms with van der Waals surface area (Å²) < 4.78 is 45.1. The average molecular weight is 461 g/mol. The number of ether oxygens (including phenoxy) is 1. The third kappa shape index (κ3) is 6.71. The Hall–Kier alpha value is -3.56. The highest BCUT2D eigenvalue weighted by Gasteiger charge is 2.35. The zero-order valence-corrected chi connectivity index (χ0v) is 18.6. The zero-order valence-electron chi connectivity index (χ0n) is 18.6. The number of halogens is 3. The Balaban J connectivity index is 1.48. The number of fused-ring (bicyclic) bond motifs is 1. The number of hydrogen-bond donors (Lipinski definition) is 3. The topological polar surface area (TPSA) is 88.2 Å². The van der Waals surface area contributed by atoms with E-state index < -0.39 is 18.0 Å². The van der Waals surface area contributed by atoms with Crippen LogP contribution in [0.2, 0.25) is 0 Å². The van der Waals surface area contributed by atoms with Crippen LogP contribution in [0.3, 0.4) is 0 Å². The molecule has 0 atom stereocenters. The smallest absolute Gasteiger partial charge is 0.451 e. The molecule has 7 nitrogen and oxygen atoms in total. The number of unbranched alkanes of at least 4 members (excludes halogenated alkanes) is 1. The second-order valence-corrected chi connectivity index (χ2v) is 7.74. The number of carbonyl (C=O) groups excluding carboxylic acids is 1. The number of nitrogens with one attached hydrogen (secondary N) is 3. The van der Waals surface area contributed by atoms with Crippen LogP contribution in [-0.4, -0.2) is 29.2 Å². The summed E-state index contributed by atoms with van der Waals surface area (Å²) in [6.45, 7) is 6.69. The molecule has 0 unspecified atom stereocenters. The summed E-state index contributed by atoms with van der Waals surface area (Å²) in [6.07, 6.45) is -3.31. The zero-order chi connectivity index (χ0) is 24.0. The maximum atomic E-state index is 13.1. The van der Waals surface area contributed by atoms with Crippen LogP contribution < -0.4 is 20.9 Å². The SMILES string of the molecule is Cc1ccc(OCCCCNC(=O)NNc2nc(C(F)(F)F)nc3ccc(C)cc23)c(C)c1. The fourth-order valence-electron chi connectivity index (χ4n) is 3.20. The Morgan fingerprint density at radius 2 is 1.73 bits per heavy atom. The first kappa shape index (κ1) is 24.1. The third-order valence-corrected chi connectivity index (χ3v) is 4.84. The maximum absolute atomic E-state index is 13.1. The van der Waals surface area contributed by atoms with Gasteiger partial charge in [-0.2, -0.15) is 13.2 Å². The number of hydrogen-bond acceptors (Lipinski definition) is 5. The van der Waals surface area contributed by atoms with Crippen LogP contribution in [0.15, 0.2) is 36.4 Å². The van der Waals surface area contributed by atoms with E-state index in [1.54, 1.807) is 19.1 Å². The molecule has 10 heteroatoms. The van der Waals surface area contributed by atoms with Crippen molar-refractivity contribution in [3.05, 3.63) is 58.9 Å². The van der Waals surface area contributed by atoms with Crippen LogP contribution in [0.25, 0.3) is 10.9 Å². The van der Waals surface area contributed by atoms with Gasteiger partial charge in [-0.25, -0.2) is 14.8 Å². The molecule has 2 aromatic carbocycles. The van der Waals surface area contributed by atoms with Crippen molar-refractivity contribution < 1.29 is 22.7 Å². The van der Waals surface area contributed by atoms with E-state index in [1.165, 1.54) is 11.6 Å². The molecule has 0 fully saturated rings. The number of hydrazine groups is 1. The highest BCUT2D eigenvalue weighted by molar-refractivity contribution is 5.90. The number of rotatable bonds is 8. The molecule has 3 aromatic rings. The van der Waals surface area contributed by atoms with Crippen molar-refractivity contribution in [2.75, 3.05) is 18.6 Å². The fourth-order valence-corrected chi connectivity index (χ4v) is 3.20. The van der Waals surface area contributed by atoms with E-state index in [0.29, 0.717) is 25.0 Å². The van der Waals surface area contributed by atoms with Gasteiger partial charge in [-0.1, -0.05) is 29.3 Å². The molecule has 1 heterocycles. The second kappa shape index (κ2) is 10.4. The van der Waals surface area contributed by atoms with Gasteiger partial charge < -0.3 is 10.1 Å². The molecule has 176 valence electrons. The van der Waals surface area contributed by atoms with E-state index >= 15 is 0 Å². The van der Waals surface area contributed by atoms with Gasteiger partial charge in [-0.05, 0) is 57.4 Å². The molecule has 3 N–H and O–H groups in total. The Bertz CT molecular complexity index is 1140. The largest absolute Gasteiger partial charge is 0.493 e. The molecular weight excluding hydrogens is 435 g/mol. The van der Waals surface area contributed by atoms with Gasteiger partial charge in [0.05, 0.1) is 12.1 Å². The standard InChI is InChI=1S/C23H26F3N5O2/c1-14-7-9-19(16(3)12-14)33-11-5-4-10-27-22(32)31-30-20-17-13-15(2)6-8-18(17)28-21(29-20)23(24,25)26/h6-9,12-13H,4-5,10-11H2,1-3H3,(H2,27,31,32)(H,28,29,30). The lowest BCUT2D eigenvalue weighted by Gasteiger charge is -2.14. The van der Waals surface area contributed by atoms with E-state index in [0.717, 1.165) is 23.3 Å². The normalized spacial score (nSPS) is 11.3. The summed E-state index contributed by atoms with van der Waals surface area (Å²) in [5, 5.41) is 3.01. The van der Waals surface area contributed by atoms with Gasteiger partial charge >= 0.3 is 12.2 Å². The lowest BCUT2D eigenvalue weighted by atomic mass is 10.1. The summed E-state index contributed by atoms with van der Waals surface area (Å²) in [7, 11) is 0. The molecule has 0 saturated carbocycles. The lowest BCUT2D eigenvalue weighted by Crippen LogP contribution is -2.39. The summed E-state index contributed by atoms with van der Waals surface area (Å²) in [5.41, 5.74) is 7.98. The molecular formula is C23H26F3N5O2. The number of aryl methyl sites for hydroxylation is 3. The summed E-state index contributed by atoms with van der Waals surface area (Å²) in [6, 6.07) is 10.2. The van der Waals surface area contributed by atoms with E-state index in [1.807, 2.05) is 32.0 Å². The van der Waals surface area contributed by atoms with E-state index in [9.17, 15) is 18.0 Å². The number of amides is 2. The predicted octanol–water partition coefficient (Wildman–Crippen LogP) is 5.06. The van der Waals surface area contributed by atoms with Crippen molar-refractivity contribution in [1.82, 2.24) is 20.7 Å². The lowest BCUT2D eigenvalue weighted by molar-refractivity contribution is -0.144. The van der Waals surface area contributed by atoms with Crippen LogP contribution in [-0.2, 0) is 6.18 Å². The summed E-state index contributed by atoms with van der Waals surface area (Å²) in [5.74, 6) is -0.582. The minimum absolute atomic E-state index is 0.122. The molecule has 33 heavy (non-hydrogen) atoms. The first-order chi connectivity index (χ1) is 15.6. The summed E-state index contributed by atoms with van der Waals surface area (Å²) >= 11 is 0. The van der Waals surface area contributed by atoms with E-state index in [4.69, 9.17) is 4.74 Å². The van der Waals surface area contributed by atoms with Crippen LogP contribution in [0.5, 0.6) is 5.75 Å². The van der Waals surface area contributed by atoms with Crippen LogP contribution >= 0.6 is 0 Å². The Morgan fingerprint density at radius 1 is 1.00 bits per heavy atom. The average Bonchev–Trinajstić information content (AvgIpc) is 2.75. The van der Waals surface area contributed by atoms with Crippen LogP contribution in [0, 0.1) is 20.8 Å². The highest BCUT2D eigenvalue weighted by Crippen LogP contribution is 2.30. The Kier molecular flexibility index (Phi) is 7.57. The van der Waals surface area contributed by atoms with Gasteiger partial charge in [0.25, 0.3) is 0 Å². The second-order valence-electron chi connectivity index (χ2n) is 7.74. The van der Waals surface area contributed by atoms with Gasteiger partial charge in [0, 0.05) is 11.9 Å². The first-order valence-corrected chi connectivity index (χ1v) is 10.5. The van der Waals surface area contributed by atoms with Crippen LogP contribution in [0.1, 0.15) is 35.4 Å². The number of anilines is 1. The molecule has 2 amide bonds. The number of carbonyl (C=O) groups is 1. The van der Waals surface area contributed by atoms with Gasteiger partial charge in [0.2, 0.25) is 5.82 Å². The maximum Gasteiger partial charge on any atom is 0.451 e. The number of nitrogens with zero attached hydrogens (tertiary/aromatic N) is 2. The highest BCUT2D eigenvalue weighted by atomic mass is 19.4. The number of urea groups is 1. The van der Waals surface area contributed by atoms with Gasteiger partial charge in [-0.3, -0.25) is 10.9 Å². The van der Waals surface area contributed by atoms with Gasteiger partial charge in [0.15, 0.2) is 5.82 Å². The van der Waals surface area contributed by atoms with Crippen molar-refractivity contribution in [1.29, 1.82) is 0 Å². The van der Waals surface area contributed by atoms with E-state index in [-0.39, 0.29) is 11.3 Å². The minimum atomic E-state index is -4.71. The third-order valence-electron chi connectivity index (χ3n) is 4.84. The van der Waals surface area contributed by atoms with Crippen molar-refractivity contribution in [2.45, 2.75) is 39.8 Å². The van der Waals surface area contributed by atoms with E-state index in [2.05, 4.69) is 26.1 Å². The minimum Gasteiger partial charge on any atom is -0.493 e. The predicted molar refractivity (Wildman–Crippen MR) is 120 cm³/mol. The molecule has 1 aromatic heterocycles. The van der Waals surface area contributed by atoms with Crippen LogP contribution in [0.4, 0.5) is 23.8 Å². The molecule has 0 spiro atoms. The number of benzene rings is 2. The number of alkyl halides is 3.